The average Bonchev–Trinajstić information content (AvgIpc) is 2.43. The van der Waals surface area contributed by atoms with Gasteiger partial charge in [0, 0.05) is 11.6 Å². The molecule has 0 unspecified atom stereocenters. The first-order chi connectivity index (χ1) is 6.59. The smallest absolute Gasteiger partial charge is 0.131 e. The van der Waals surface area contributed by atoms with Crippen LogP contribution in [0.2, 0.25) is 0 Å². The molecule has 1 aromatic carbocycles. The Labute approximate surface area is 83.2 Å². The Bertz CT molecular complexity index is 405. The highest BCUT2D eigenvalue weighted by atomic mass is 16.3. The van der Waals surface area contributed by atoms with E-state index >= 15 is 0 Å². The van der Waals surface area contributed by atoms with Crippen LogP contribution in [0.15, 0.2) is 47.4 Å². The van der Waals surface area contributed by atoms with Gasteiger partial charge in [0.15, 0.2) is 0 Å². The molecule has 0 N–H and O–H groups in total. The minimum absolute atomic E-state index is 0.0175. The molecule has 2 rings (SSSR count). The first kappa shape index (κ1) is 8.97. The lowest BCUT2D eigenvalue weighted by atomic mass is 10.1. The van der Waals surface area contributed by atoms with Crippen molar-refractivity contribution in [3.8, 4) is 0 Å². The lowest BCUT2D eigenvalue weighted by molar-refractivity contribution is -0.903. The highest BCUT2D eigenvalue weighted by molar-refractivity contribution is 6.09. The zero-order valence-electron chi connectivity index (χ0n) is 8.27. The predicted molar refractivity (Wildman–Crippen MR) is 53.2 cm³/mol. The normalized spacial score (nSPS) is 19.0. The fraction of sp³-hybridized carbons (Fsp3) is 0.182. The molecule has 14 heavy (non-hydrogen) atoms. The van der Waals surface area contributed by atoms with Crippen molar-refractivity contribution in [1.29, 1.82) is 0 Å². The molecule has 0 saturated carbocycles. The molecule has 72 valence electrons. The van der Waals surface area contributed by atoms with Crippen molar-refractivity contribution in [2.75, 3.05) is 14.1 Å². The van der Waals surface area contributed by atoms with Gasteiger partial charge in [-0.25, -0.2) is 0 Å². The molecule has 1 aromatic rings. The van der Waals surface area contributed by atoms with Gasteiger partial charge in [0.1, 0.15) is 5.71 Å². The molecule has 1 aliphatic heterocycles. The zero-order chi connectivity index (χ0) is 10.2. The number of benzene rings is 1. The quantitative estimate of drug-likeness (QED) is 0.597. The van der Waals surface area contributed by atoms with Crippen molar-refractivity contribution in [2.45, 2.75) is 0 Å². The first-order valence-corrected chi connectivity index (χ1v) is 4.48. The lowest BCUT2D eigenvalue weighted by Gasteiger charge is -2.23. The monoisotopic (exact) mass is 188 g/mol. The van der Waals surface area contributed by atoms with E-state index in [1.807, 2.05) is 30.3 Å². The van der Waals surface area contributed by atoms with E-state index in [1.165, 1.54) is 0 Å². The number of hydrogen-bond donors (Lipinski definition) is 0. The Balaban J connectivity index is 2.41. The maximum atomic E-state index is 11.5. The van der Waals surface area contributed by atoms with Gasteiger partial charge in [0.05, 0.1) is 20.0 Å². The van der Waals surface area contributed by atoms with Crippen LogP contribution in [-0.4, -0.2) is 24.4 Å². The molecular formula is C11H12N2O. The van der Waals surface area contributed by atoms with Crippen LogP contribution in [-0.2, 0) is 0 Å². The van der Waals surface area contributed by atoms with E-state index in [0.717, 1.165) is 11.3 Å². The molecule has 1 heterocycles. The van der Waals surface area contributed by atoms with Crippen LogP contribution in [0.5, 0.6) is 0 Å². The summed E-state index contributed by atoms with van der Waals surface area (Å²) in [5.41, 5.74) is 1.75. The Kier molecular flexibility index (Phi) is 1.89. The molecule has 0 bridgehead atoms. The topological polar surface area (TPSA) is 35.4 Å². The van der Waals surface area contributed by atoms with Crippen LogP contribution in [0.3, 0.4) is 0 Å². The maximum Gasteiger partial charge on any atom is 0.131 e. The van der Waals surface area contributed by atoms with E-state index in [4.69, 9.17) is 0 Å². The standard InChI is InChI=1S/C11H12N2O/c1-13(2)11(14)8-10(12-13)9-6-4-3-5-7-9/h3-8H,1-2H3. The second kappa shape index (κ2) is 2.96. The van der Waals surface area contributed by atoms with Gasteiger partial charge in [-0.3, -0.25) is 0 Å². The van der Waals surface area contributed by atoms with Crippen LogP contribution >= 0.6 is 0 Å². The van der Waals surface area contributed by atoms with Gasteiger partial charge < -0.3 is 5.11 Å². The zero-order valence-corrected chi connectivity index (χ0v) is 8.27. The van der Waals surface area contributed by atoms with Crippen LogP contribution in [0.4, 0.5) is 0 Å². The second-order valence-corrected chi connectivity index (χ2v) is 3.73. The minimum Gasteiger partial charge on any atom is -0.829 e. The molecule has 3 nitrogen and oxygen atoms in total. The number of allylic oxidation sites excluding steroid dienone is 1. The van der Waals surface area contributed by atoms with Crippen molar-refractivity contribution < 1.29 is 9.70 Å². The Morgan fingerprint density at radius 1 is 1.14 bits per heavy atom. The van der Waals surface area contributed by atoms with Gasteiger partial charge in [-0.05, 0) is 0 Å². The molecule has 0 aromatic heterocycles. The summed E-state index contributed by atoms with van der Waals surface area (Å²) in [7, 11) is 3.55. The molecule has 0 radical (unpaired) electrons. The van der Waals surface area contributed by atoms with Crippen LogP contribution < -0.4 is 5.11 Å². The van der Waals surface area contributed by atoms with Crippen LogP contribution in [0, 0.1) is 0 Å². The summed E-state index contributed by atoms with van der Waals surface area (Å²) in [5.74, 6) is 0.0175. The van der Waals surface area contributed by atoms with E-state index in [9.17, 15) is 5.11 Å². The van der Waals surface area contributed by atoms with E-state index < -0.39 is 0 Å². The maximum absolute atomic E-state index is 11.5. The Morgan fingerprint density at radius 2 is 1.79 bits per heavy atom. The average molecular weight is 188 g/mol. The predicted octanol–water partition coefficient (Wildman–Crippen LogP) is 0.682. The molecule has 1 aliphatic rings. The van der Waals surface area contributed by atoms with Crippen molar-refractivity contribution in [2.24, 2.45) is 5.10 Å². The van der Waals surface area contributed by atoms with E-state index in [2.05, 4.69) is 5.10 Å². The van der Waals surface area contributed by atoms with Crippen molar-refractivity contribution >= 4 is 5.71 Å². The van der Waals surface area contributed by atoms with Gasteiger partial charge in [-0.1, -0.05) is 35.4 Å². The highest BCUT2D eigenvalue weighted by Gasteiger charge is 2.23. The van der Waals surface area contributed by atoms with Crippen LogP contribution in [0.25, 0.3) is 0 Å². The summed E-state index contributed by atoms with van der Waals surface area (Å²) < 4.78 is 0.0597. The van der Waals surface area contributed by atoms with E-state index in [0.29, 0.717) is 0 Å². The number of rotatable bonds is 1. The third-order valence-corrected chi connectivity index (χ3v) is 2.23. The Hall–Kier alpha value is -1.61. The number of nitrogens with zero attached hydrogens (tertiary/aromatic N) is 2. The number of hydrogen-bond acceptors (Lipinski definition) is 2. The summed E-state index contributed by atoms with van der Waals surface area (Å²) in [6, 6.07) is 9.73. The molecule has 0 atom stereocenters. The minimum atomic E-state index is 0.0175. The summed E-state index contributed by atoms with van der Waals surface area (Å²) >= 11 is 0. The molecule has 0 aliphatic carbocycles. The molecular weight excluding hydrogens is 176 g/mol. The fourth-order valence-electron chi connectivity index (χ4n) is 1.37. The lowest BCUT2D eigenvalue weighted by Crippen LogP contribution is -2.36. The molecule has 3 heteroatoms. The third-order valence-electron chi connectivity index (χ3n) is 2.23. The SMILES string of the molecule is C[N+]1(C)N=C(c2ccccc2)C=C1[O-]. The van der Waals surface area contributed by atoms with Gasteiger partial charge in [0.25, 0.3) is 0 Å². The van der Waals surface area contributed by atoms with E-state index in [-0.39, 0.29) is 10.5 Å². The van der Waals surface area contributed by atoms with Crippen molar-refractivity contribution in [3.05, 3.63) is 47.9 Å². The Morgan fingerprint density at radius 3 is 2.29 bits per heavy atom. The van der Waals surface area contributed by atoms with Crippen LogP contribution in [0.1, 0.15) is 5.56 Å². The fourth-order valence-corrected chi connectivity index (χ4v) is 1.37. The van der Waals surface area contributed by atoms with Gasteiger partial charge >= 0.3 is 0 Å². The highest BCUT2D eigenvalue weighted by Crippen LogP contribution is 2.18. The summed E-state index contributed by atoms with van der Waals surface area (Å²) in [6.07, 6.45) is 1.59. The third kappa shape index (κ3) is 1.42. The summed E-state index contributed by atoms with van der Waals surface area (Å²) in [4.78, 5) is 0. The van der Waals surface area contributed by atoms with Gasteiger partial charge in [0.2, 0.25) is 0 Å². The molecule has 0 spiro atoms. The summed E-state index contributed by atoms with van der Waals surface area (Å²) in [5, 5.41) is 15.8. The van der Waals surface area contributed by atoms with Crippen molar-refractivity contribution in [3.63, 3.8) is 0 Å². The molecule has 0 amide bonds. The summed E-state index contributed by atoms with van der Waals surface area (Å²) in [6.45, 7) is 0. The first-order valence-electron chi connectivity index (χ1n) is 4.48. The molecule has 0 fully saturated rings. The van der Waals surface area contributed by atoms with E-state index in [1.54, 1.807) is 20.2 Å². The van der Waals surface area contributed by atoms with Gasteiger partial charge in [-0.15, -0.1) is 0 Å². The second-order valence-electron chi connectivity index (χ2n) is 3.73. The number of quaternary nitrogens is 1. The van der Waals surface area contributed by atoms with Gasteiger partial charge in [-0.2, -0.15) is 4.59 Å². The molecule has 0 saturated heterocycles. The van der Waals surface area contributed by atoms with Crippen molar-refractivity contribution in [1.82, 2.24) is 0 Å². The largest absolute Gasteiger partial charge is 0.829 e.